The molecule has 0 aliphatic rings. The molecule has 0 N–H and O–H groups in total. The number of aryl methyl sites for hydroxylation is 2. The molecule has 2 aromatic rings. The molecule has 16 heavy (non-hydrogen) atoms. The van der Waals surface area contributed by atoms with Crippen LogP contribution in [0.1, 0.15) is 31.9 Å². The summed E-state index contributed by atoms with van der Waals surface area (Å²) >= 11 is 3.29. The molecule has 0 saturated heterocycles. The lowest BCUT2D eigenvalue weighted by molar-refractivity contribution is 0.0997. The molecule has 3 heteroatoms. The van der Waals surface area contributed by atoms with Gasteiger partial charge < -0.3 is 0 Å². The van der Waals surface area contributed by atoms with Gasteiger partial charge >= 0.3 is 0 Å². The van der Waals surface area contributed by atoms with E-state index in [1.807, 2.05) is 18.4 Å². The van der Waals surface area contributed by atoms with Crippen molar-refractivity contribution in [1.29, 1.82) is 0 Å². The van der Waals surface area contributed by atoms with Gasteiger partial charge in [-0.2, -0.15) is 0 Å². The highest BCUT2D eigenvalue weighted by molar-refractivity contribution is 7.13. The van der Waals surface area contributed by atoms with Crippen LogP contribution in [-0.4, -0.2) is 5.78 Å². The van der Waals surface area contributed by atoms with Crippen molar-refractivity contribution < 1.29 is 4.79 Å². The van der Waals surface area contributed by atoms with E-state index in [2.05, 4.69) is 19.1 Å². The van der Waals surface area contributed by atoms with Crippen molar-refractivity contribution in [2.45, 2.75) is 26.7 Å². The molecular formula is C13H14OS2. The molecule has 2 rings (SSSR count). The van der Waals surface area contributed by atoms with Crippen LogP contribution in [0, 0.1) is 6.92 Å². The number of rotatable bonds is 4. The van der Waals surface area contributed by atoms with E-state index in [4.69, 9.17) is 0 Å². The lowest BCUT2D eigenvalue weighted by atomic mass is 10.1. The molecule has 2 aromatic heterocycles. The fraction of sp³-hybridized carbons (Fsp3) is 0.308. The largest absolute Gasteiger partial charge is 0.293 e. The minimum atomic E-state index is 0.247. The normalized spacial score (nSPS) is 10.6. The first-order valence-electron chi connectivity index (χ1n) is 5.35. The van der Waals surface area contributed by atoms with E-state index in [9.17, 15) is 4.79 Å². The van der Waals surface area contributed by atoms with Crippen LogP contribution in [-0.2, 0) is 12.8 Å². The molecule has 0 aliphatic carbocycles. The Morgan fingerprint density at radius 1 is 1.25 bits per heavy atom. The maximum atomic E-state index is 12.0. The van der Waals surface area contributed by atoms with Gasteiger partial charge in [-0.15, -0.1) is 22.7 Å². The van der Waals surface area contributed by atoms with Crippen molar-refractivity contribution in [2.24, 2.45) is 0 Å². The summed E-state index contributed by atoms with van der Waals surface area (Å²) in [6.07, 6.45) is 1.60. The smallest absolute Gasteiger partial charge is 0.178 e. The highest BCUT2D eigenvalue weighted by atomic mass is 32.1. The van der Waals surface area contributed by atoms with Gasteiger partial charge in [0.25, 0.3) is 0 Å². The summed E-state index contributed by atoms with van der Waals surface area (Å²) in [6, 6.07) is 6.20. The molecule has 0 aromatic carbocycles. The van der Waals surface area contributed by atoms with E-state index in [0.717, 1.165) is 16.9 Å². The number of Topliss-reactive ketones (excluding diaryl/α,β-unsaturated/α-hetero) is 1. The number of hydrogen-bond donors (Lipinski definition) is 0. The molecular weight excluding hydrogens is 236 g/mol. The summed E-state index contributed by atoms with van der Waals surface area (Å²) < 4.78 is 0. The zero-order valence-electron chi connectivity index (χ0n) is 9.45. The van der Waals surface area contributed by atoms with Crippen LogP contribution in [0.4, 0.5) is 0 Å². The quantitative estimate of drug-likeness (QED) is 0.746. The van der Waals surface area contributed by atoms with Crippen molar-refractivity contribution in [2.75, 3.05) is 0 Å². The van der Waals surface area contributed by atoms with Gasteiger partial charge in [0.15, 0.2) is 5.78 Å². The zero-order valence-corrected chi connectivity index (χ0v) is 11.1. The molecule has 1 nitrogen and oxygen atoms in total. The van der Waals surface area contributed by atoms with Crippen LogP contribution in [0.3, 0.4) is 0 Å². The molecule has 0 saturated carbocycles. The number of carbonyl (C=O) groups excluding carboxylic acids is 1. The van der Waals surface area contributed by atoms with Crippen LogP contribution < -0.4 is 0 Å². The van der Waals surface area contributed by atoms with Crippen LogP contribution >= 0.6 is 22.7 Å². The Morgan fingerprint density at radius 3 is 2.56 bits per heavy atom. The molecule has 0 unspecified atom stereocenters. The lowest BCUT2D eigenvalue weighted by Crippen LogP contribution is -2.00. The number of ketones is 1. The first-order chi connectivity index (χ1) is 7.70. The van der Waals surface area contributed by atoms with Crippen LogP contribution in [0.5, 0.6) is 0 Å². The van der Waals surface area contributed by atoms with Crippen molar-refractivity contribution in [3.63, 3.8) is 0 Å². The fourth-order valence-corrected chi connectivity index (χ4v) is 3.43. The minimum absolute atomic E-state index is 0.247. The van der Waals surface area contributed by atoms with E-state index in [0.29, 0.717) is 6.42 Å². The zero-order chi connectivity index (χ0) is 11.5. The third-order valence-corrected chi connectivity index (χ3v) is 4.80. The number of hydrogen-bond acceptors (Lipinski definition) is 3. The second kappa shape index (κ2) is 4.93. The molecule has 0 aliphatic heterocycles. The topological polar surface area (TPSA) is 17.1 Å². The maximum absolute atomic E-state index is 12.0. The summed E-state index contributed by atoms with van der Waals surface area (Å²) in [5.41, 5.74) is 1.10. The summed E-state index contributed by atoms with van der Waals surface area (Å²) in [5.74, 6) is 0.247. The van der Waals surface area contributed by atoms with E-state index in [-0.39, 0.29) is 5.78 Å². The van der Waals surface area contributed by atoms with Crippen molar-refractivity contribution in [3.8, 4) is 0 Å². The Kier molecular flexibility index (Phi) is 3.56. The molecule has 0 fully saturated rings. The highest BCUT2D eigenvalue weighted by Crippen LogP contribution is 2.22. The average molecular weight is 250 g/mol. The van der Waals surface area contributed by atoms with Crippen molar-refractivity contribution in [3.05, 3.63) is 43.8 Å². The van der Waals surface area contributed by atoms with Gasteiger partial charge in [0, 0.05) is 16.2 Å². The maximum Gasteiger partial charge on any atom is 0.178 e. The first kappa shape index (κ1) is 11.6. The van der Waals surface area contributed by atoms with Gasteiger partial charge in [-0.3, -0.25) is 4.79 Å². The standard InChI is InChI=1S/C13H14OS2/c1-3-10-4-5-11(16-10)8-12(14)13-9(2)6-7-15-13/h4-7H,3,8H2,1-2H3. The van der Waals surface area contributed by atoms with Gasteiger partial charge in [-0.05, 0) is 42.5 Å². The average Bonchev–Trinajstić information content (AvgIpc) is 2.86. The predicted octanol–water partition coefficient (Wildman–Crippen LogP) is 4.11. The van der Waals surface area contributed by atoms with E-state index < -0.39 is 0 Å². The van der Waals surface area contributed by atoms with Gasteiger partial charge in [0.2, 0.25) is 0 Å². The number of carbonyl (C=O) groups is 1. The summed E-state index contributed by atoms with van der Waals surface area (Å²) in [5, 5.41) is 1.98. The van der Waals surface area contributed by atoms with Crippen LogP contribution in [0.15, 0.2) is 23.6 Å². The first-order valence-corrected chi connectivity index (χ1v) is 7.05. The third kappa shape index (κ3) is 2.42. The second-order valence-electron chi connectivity index (χ2n) is 3.75. The van der Waals surface area contributed by atoms with Gasteiger partial charge in [-0.1, -0.05) is 6.92 Å². The lowest BCUT2D eigenvalue weighted by Gasteiger charge is -1.97. The molecule has 0 atom stereocenters. The van der Waals surface area contributed by atoms with Crippen molar-refractivity contribution >= 4 is 28.5 Å². The van der Waals surface area contributed by atoms with Crippen LogP contribution in [0.25, 0.3) is 0 Å². The van der Waals surface area contributed by atoms with E-state index >= 15 is 0 Å². The molecule has 0 spiro atoms. The van der Waals surface area contributed by atoms with Crippen molar-refractivity contribution in [1.82, 2.24) is 0 Å². The Balaban J connectivity index is 2.11. The van der Waals surface area contributed by atoms with Gasteiger partial charge in [-0.25, -0.2) is 0 Å². The second-order valence-corrected chi connectivity index (χ2v) is 5.92. The Labute approximate surface area is 104 Å². The number of thiophene rings is 2. The highest BCUT2D eigenvalue weighted by Gasteiger charge is 2.12. The SMILES string of the molecule is CCc1ccc(CC(=O)c2sccc2C)s1. The fourth-order valence-electron chi connectivity index (χ4n) is 1.60. The Morgan fingerprint density at radius 2 is 2.00 bits per heavy atom. The molecule has 0 radical (unpaired) electrons. The van der Waals surface area contributed by atoms with Gasteiger partial charge in [0.05, 0.1) is 4.88 Å². The monoisotopic (exact) mass is 250 g/mol. The Bertz CT molecular complexity index is 494. The summed E-state index contributed by atoms with van der Waals surface area (Å²) in [4.78, 5) is 15.4. The third-order valence-electron chi connectivity index (χ3n) is 2.52. The molecule has 84 valence electrons. The van der Waals surface area contributed by atoms with E-state index in [1.54, 1.807) is 22.7 Å². The summed E-state index contributed by atoms with van der Waals surface area (Å²) in [6.45, 7) is 4.14. The Hall–Kier alpha value is -0.930. The molecule has 0 bridgehead atoms. The molecule has 0 amide bonds. The van der Waals surface area contributed by atoms with Crippen LogP contribution in [0.2, 0.25) is 0 Å². The van der Waals surface area contributed by atoms with Gasteiger partial charge in [0.1, 0.15) is 0 Å². The minimum Gasteiger partial charge on any atom is -0.293 e. The molecule has 2 heterocycles. The summed E-state index contributed by atoms with van der Waals surface area (Å²) in [7, 11) is 0. The predicted molar refractivity (Wildman–Crippen MR) is 70.8 cm³/mol. The van der Waals surface area contributed by atoms with E-state index in [1.165, 1.54) is 9.75 Å².